The Morgan fingerprint density at radius 2 is 2.18 bits per heavy atom. The van der Waals surface area contributed by atoms with E-state index in [1.807, 2.05) is 12.1 Å². The quantitative estimate of drug-likeness (QED) is 0.786. The first-order valence-electron chi connectivity index (χ1n) is 3.07. The van der Waals surface area contributed by atoms with Crippen LogP contribution in [0.15, 0.2) is 27.4 Å². The predicted octanol–water partition coefficient (Wildman–Crippen LogP) is 3.09. The number of aromatic amines is 1. The summed E-state index contributed by atoms with van der Waals surface area (Å²) < 4.78 is 1.96. The Kier molecular flexibility index (Phi) is 1.73. The minimum atomic E-state index is 0.895. The molecule has 0 radical (unpaired) electrons. The molecule has 0 atom stereocenters. The largest absolute Gasteiger partial charge is 0.333 e. The van der Waals surface area contributed by atoms with Crippen LogP contribution in [0.1, 0.15) is 0 Å². The molecule has 2 heterocycles. The van der Waals surface area contributed by atoms with Gasteiger partial charge in [0.25, 0.3) is 0 Å². The zero-order chi connectivity index (χ0) is 7.84. The summed E-state index contributed by atoms with van der Waals surface area (Å²) in [5.74, 6) is 0. The Labute approximate surface area is 80.3 Å². The van der Waals surface area contributed by atoms with E-state index in [2.05, 4.69) is 41.8 Å². The van der Waals surface area contributed by atoms with Crippen LogP contribution < -0.4 is 0 Å². The Hall–Kier alpha value is -0.350. The molecule has 2 aromatic rings. The van der Waals surface area contributed by atoms with Gasteiger partial charge in [0, 0.05) is 11.6 Å². The molecule has 56 valence electrons. The summed E-state index contributed by atoms with van der Waals surface area (Å²) in [6.45, 7) is 0. The number of H-pyrrole nitrogens is 1. The first-order chi connectivity index (χ1) is 5.29. The predicted molar refractivity (Wildman–Crippen MR) is 51.5 cm³/mol. The van der Waals surface area contributed by atoms with Gasteiger partial charge in [0.15, 0.2) is 0 Å². The second-order valence-electron chi connectivity index (χ2n) is 2.15. The lowest BCUT2D eigenvalue weighted by Crippen LogP contribution is -1.71. The van der Waals surface area contributed by atoms with Crippen molar-refractivity contribution >= 4 is 42.9 Å². The van der Waals surface area contributed by atoms with E-state index < -0.39 is 0 Å². The molecule has 0 spiro atoms. The molecule has 1 N–H and O–H groups in total. The Bertz CT molecular complexity index is 394. The van der Waals surface area contributed by atoms with Gasteiger partial charge in [-0.2, -0.15) is 0 Å². The average Bonchev–Trinajstić information content (AvgIpc) is 2.30. The molecular formula is C7H4Br2N2. The van der Waals surface area contributed by atoms with Gasteiger partial charge in [-0.15, -0.1) is 0 Å². The van der Waals surface area contributed by atoms with Crippen LogP contribution in [0.3, 0.4) is 0 Å². The number of rotatable bonds is 0. The van der Waals surface area contributed by atoms with Crippen LogP contribution in [0.25, 0.3) is 11.0 Å². The molecule has 0 saturated heterocycles. The van der Waals surface area contributed by atoms with E-state index in [0.29, 0.717) is 0 Å². The number of hydrogen-bond acceptors (Lipinski definition) is 1. The maximum absolute atomic E-state index is 4.15. The second kappa shape index (κ2) is 2.60. The van der Waals surface area contributed by atoms with E-state index in [0.717, 1.165) is 20.1 Å². The topological polar surface area (TPSA) is 28.7 Å². The summed E-state index contributed by atoms with van der Waals surface area (Å²) in [5.41, 5.74) is 0.895. The SMILES string of the molecule is Brc1[nH]c2ncccc2c1Br. The number of aromatic nitrogens is 2. The molecular weight excluding hydrogens is 272 g/mol. The lowest BCUT2D eigenvalue weighted by Gasteiger charge is -1.85. The van der Waals surface area contributed by atoms with Gasteiger partial charge in [-0.05, 0) is 44.0 Å². The van der Waals surface area contributed by atoms with Crippen molar-refractivity contribution in [3.8, 4) is 0 Å². The molecule has 0 saturated carbocycles. The van der Waals surface area contributed by atoms with Crippen molar-refractivity contribution < 1.29 is 0 Å². The van der Waals surface area contributed by atoms with Crippen molar-refractivity contribution in [2.24, 2.45) is 0 Å². The summed E-state index contributed by atoms with van der Waals surface area (Å²) in [6, 6.07) is 3.92. The number of fused-ring (bicyclic) bond motifs is 1. The molecule has 0 aromatic carbocycles. The standard InChI is InChI=1S/C7H4Br2N2/c8-5-4-2-1-3-10-7(4)11-6(5)9/h1-3H,(H,10,11). The lowest BCUT2D eigenvalue weighted by molar-refractivity contribution is 1.30. The molecule has 4 heteroatoms. The monoisotopic (exact) mass is 274 g/mol. The third kappa shape index (κ3) is 1.10. The maximum atomic E-state index is 4.15. The van der Waals surface area contributed by atoms with Crippen molar-refractivity contribution in [1.29, 1.82) is 0 Å². The van der Waals surface area contributed by atoms with Crippen molar-refractivity contribution in [2.75, 3.05) is 0 Å². The molecule has 0 unspecified atom stereocenters. The number of halogens is 2. The van der Waals surface area contributed by atoms with Gasteiger partial charge in [0.05, 0.1) is 9.08 Å². The summed E-state index contributed by atoms with van der Waals surface area (Å²) in [4.78, 5) is 7.23. The normalized spacial score (nSPS) is 10.7. The molecule has 0 aliphatic heterocycles. The fourth-order valence-corrected chi connectivity index (χ4v) is 1.78. The van der Waals surface area contributed by atoms with Gasteiger partial charge in [-0.25, -0.2) is 4.98 Å². The highest BCUT2D eigenvalue weighted by molar-refractivity contribution is 9.13. The van der Waals surface area contributed by atoms with E-state index in [9.17, 15) is 0 Å². The van der Waals surface area contributed by atoms with Crippen LogP contribution in [0.2, 0.25) is 0 Å². The van der Waals surface area contributed by atoms with Crippen molar-refractivity contribution in [2.45, 2.75) is 0 Å². The molecule has 0 fully saturated rings. The molecule has 0 aliphatic carbocycles. The smallest absolute Gasteiger partial charge is 0.139 e. The van der Waals surface area contributed by atoms with Crippen molar-refractivity contribution in [1.82, 2.24) is 9.97 Å². The van der Waals surface area contributed by atoms with Crippen LogP contribution in [0.5, 0.6) is 0 Å². The number of nitrogens with one attached hydrogen (secondary N) is 1. The summed E-state index contributed by atoms with van der Waals surface area (Å²) in [6.07, 6.45) is 1.76. The number of nitrogens with zero attached hydrogens (tertiary/aromatic N) is 1. The third-order valence-electron chi connectivity index (χ3n) is 1.47. The van der Waals surface area contributed by atoms with E-state index in [-0.39, 0.29) is 0 Å². The molecule has 2 rings (SSSR count). The van der Waals surface area contributed by atoms with Crippen LogP contribution in [-0.4, -0.2) is 9.97 Å². The fourth-order valence-electron chi connectivity index (χ4n) is 0.959. The van der Waals surface area contributed by atoms with Crippen LogP contribution in [0, 0.1) is 0 Å². The number of hydrogen-bond donors (Lipinski definition) is 1. The minimum Gasteiger partial charge on any atom is -0.333 e. The zero-order valence-electron chi connectivity index (χ0n) is 5.44. The van der Waals surface area contributed by atoms with Gasteiger partial charge >= 0.3 is 0 Å². The Morgan fingerprint density at radius 1 is 1.36 bits per heavy atom. The highest BCUT2D eigenvalue weighted by Crippen LogP contribution is 2.29. The van der Waals surface area contributed by atoms with E-state index in [1.54, 1.807) is 6.20 Å². The molecule has 11 heavy (non-hydrogen) atoms. The van der Waals surface area contributed by atoms with Crippen LogP contribution in [0.4, 0.5) is 0 Å². The Balaban J connectivity index is 2.92. The van der Waals surface area contributed by atoms with Crippen LogP contribution >= 0.6 is 31.9 Å². The molecule has 0 bridgehead atoms. The summed E-state index contributed by atoms with van der Waals surface area (Å²) >= 11 is 6.80. The molecule has 2 nitrogen and oxygen atoms in total. The van der Waals surface area contributed by atoms with E-state index in [1.165, 1.54) is 0 Å². The van der Waals surface area contributed by atoms with Crippen LogP contribution in [-0.2, 0) is 0 Å². The van der Waals surface area contributed by atoms with Gasteiger partial charge in [0.2, 0.25) is 0 Å². The van der Waals surface area contributed by atoms with Gasteiger partial charge < -0.3 is 4.98 Å². The first kappa shape index (κ1) is 7.31. The van der Waals surface area contributed by atoms with Gasteiger partial charge in [-0.1, -0.05) is 0 Å². The summed E-state index contributed by atoms with van der Waals surface area (Å²) in [5, 5.41) is 1.10. The number of pyridine rings is 1. The van der Waals surface area contributed by atoms with E-state index >= 15 is 0 Å². The third-order valence-corrected chi connectivity index (χ3v) is 3.42. The summed E-state index contributed by atoms with van der Waals surface area (Å²) in [7, 11) is 0. The second-order valence-corrected chi connectivity index (χ2v) is 3.74. The van der Waals surface area contributed by atoms with E-state index in [4.69, 9.17) is 0 Å². The minimum absolute atomic E-state index is 0.895. The highest BCUT2D eigenvalue weighted by atomic mass is 79.9. The zero-order valence-corrected chi connectivity index (χ0v) is 8.61. The van der Waals surface area contributed by atoms with Crippen molar-refractivity contribution in [3.63, 3.8) is 0 Å². The highest BCUT2D eigenvalue weighted by Gasteiger charge is 2.05. The van der Waals surface area contributed by atoms with Gasteiger partial charge in [-0.3, -0.25) is 0 Å². The fraction of sp³-hybridized carbons (Fsp3) is 0. The molecule has 0 amide bonds. The van der Waals surface area contributed by atoms with Gasteiger partial charge in [0.1, 0.15) is 5.65 Å². The lowest BCUT2D eigenvalue weighted by atomic mass is 10.3. The molecule has 0 aliphatic rings. The average molecular weight is 276 g/mol. The first-order valence-corrected chi connectivity index (χ1v) is 4.65. The maximum Gasteiger partial charge on any atom is 0.139 e. The molecule has 2 aromatic heterocycles. The van der Waals surface area contributed by atoms with Crippen molar-refractivity contribution in [3.05, 3.63) is 27.4 Å². The Morgan fingerprint density at radius 3 is 2.91 bits per heavy atom.